The number of aromatic nitrogens is 3. The van der Waals surface area contributed by atoms with Gasteiger partial charge in [-0.3, -0.25) is 9.36 Å². The number of aryl methyl sites for hydroxylation is 1. The first kappa shape index (κ1) is 12.9. The van der Waals surface area contributed by atoms with E-state index in [0.717, 1.165) is 9.25 Å². The van der Waals surface area contributed by atoms with Crippen LogP contribution in [0.15, 0.2) is 9.59 Å². The Kier molecular flexibility index (Phi) is 3.66. The number of methoxy groups -OCH3 is 1. The maximum absolute atomic E-state index is 11.7. The third-order valence-corrected chi connectivity index (χ3v) is 2.23. The van der Waals surface area contributed by atoms with Crippen LogP contribution in [0.1, 0.15) is 6.92 Å². The first-order valence-electron chi connectivity index (χ1n) is 4.87. The summed E-state index contributed by atoms with van der Waals surface area (Å²) in [5.41, 5.74) is -1.13. The van der Waals surface area contributed by atoms with Gasteiger partial charge in [0.25, 0.3) is 5.56 Å². The van der Waals surface area contributed by atoms with E-state index in [4.69, 9.17) is 0 Å². The van der Waals surface area contributed by atoms with Gasteiger partial charge in [0.2, 0.25) is 5.82 Å². The summed E-state index contributed by atoms with van der Waals surface area (Å²) >= 11 is 0. The number of ether oxygens (including phenoxy) is 1. The van der Waals surface area contributed by atoms with Gasteiger partial charge in [-0.2, -0.15) is 0 Å². The van der Waals surface area contributed by atoms with Crippen LogP contribution in [-0.4, -0.2) is 33.5 Å². The SMILES string of the molecule is COC(=O)C(C)Nc1nn(C)c(=O)n(C)c1=O. The minimum absolute atomic E-state index is 0.0764. The van der Waals surface area contributed by atoms with Crippen molar-refractivity contribution in [1.29, 1.82) is 0 Å². The van der Waals surface area contributed by atoms with Crippen LogP contribution >= 0.6 is 0 Å². The standard InChI is InChI=1S/C9H14N4O4/c1-5(8(15)17-4)10-6-7(14)12(2)9(16)13(3)11-6/h5H,1-4H3,(H,10,11). The molecule has 0 aliphatic heterocycles. The monoisotopic (exact) mass is 242 g/mol. The van der Waals surface area contributed by atoms with Crippen LogP contribution < -0.4 is 16.6 Å². The predicted molar refractivity (Wildman–Crippen MR) is 59.8 cm³/mol. The summed E-state index contributed by atoms with van der Waals surface area (Å²) < 4.78 is 6.41. The molecule has 0 aliphatic rings. The van der Waals surface area contributed by atoms with Crippen LogP contribution in [0, 0.1) is 0 Å². The lowest BCUT2D eigenvalue weighted by Crippen LogP contribution is -2.42. The molecule has 0 saturated heterocycles. The third-order valence-electron chi connectivity index (χ3n) is 2.23. The number of esters is 1. The molecule has 0 bridgehead atoms. The first-order valence-corrected chi connectivity index (χ1v) is 4.87. The molecule has 8 heteroatoms. The van der Waals surface area contributed by atoms with Crippen molar-refractivity contribution in [3.8, 4) is 0 Å². The van der Waals surface area contributed by atoms with Crippen molar-refractivity contribution in [1.82, 2.24) is 14.3 Å². The van der Waals surface area contributed by atoms with E-state index < -0.39 is 23.3 Å². The molecule has 0 saturated carbocycles. The molecule has 94 valence electrons. The zero-order chi connectivity index (χ0) is 13.2. The van der Waals surface area contributed by atoms with Crippen LogP contribution in [0.25, 0.3) is 0 Å². The summed E-state index contributed by atoms with van der Waals surface area (Å²) in [7, 11) is 3.99. The number of nitrogens with one attached hydrogen (secondary N) is 1. The van der Waals surface area contributed by atoms with Crippen LogP contribution in [0.4, 0.5) is 5.82 Å². The van der Waals surface area contributed by atoms with Crippen molar-refractivity contribution in [2.45, 2.75) is 13.0 Å². The number of nitrogens with zero attached hydrogens (tertiary/aromatic N) is 3. The number of anilines is 1. The molecule has 1 aromatic rings. The lowest BCUT2D eigenvalue weighted by atomic mass is 10.3. The molecule has 0 amide bonds. The molecule has 17 heavy (non-hydrogen) atoms. The quantitative estimate of drug-likeness (QED) is 0.645. The van der Waals surface area contributed by atoms with Crippen LogP contribution in [0.3, 0.4) is 0 Å². The minimum atomic E-state index is -0.724. The Hall–Kier alpha value is -2.12. The molecule has 0 spiro atoms. The summed E-state index contributed by atoms with van der Waals surface area (Å²) in [5, 5.41) is 6.33. The third kappa shape index (κ3) is 2.52. The highest BCUT2D eigenvalue weighted by atomic mass is 16.5. The zero-order valence-electron chi connectivity index (χ0n) is 10.1. The van der Waals surface area contributed by atoms with Gasteiger partial charge in [0, 0.05) is 14.1 Å². The molecular weight excluding hydrogens is 228 g/mol. The summed E-state index contributed by atoms with van der Waals surface area (Å²) in [6, 6.07) is -0.724. The molecule has 8 nitrogen and oxygen atoms in total. The van der Waals surface area contributed by atoms with E-state index in [1.807, 2.05) is 0 Å². The molecule has 1 aromatic heterocycles. The number of hydrogen-bond donors (Lipinski definition) is 1. The van der Waals surface area contributed by atoms with Gasteiger partial charge in [-0.15, -0.1) is 5.10 Å². The van der Waals surface area contributed by atoms with Crippen molar-refractivity contribution >= 4 is 11.8 Å². The molecule has 1 unspecified atom stereocenters. The number of carbonyl (C=O) groups excluding carboxylic acids is 1. The van der Waals surface area contributed by atoms with Gasteiger partial charge in [-0.05, 0) is 6.92 Å². The van der Waals surface area contributed by atoms with E-state index in [0.29, 0.717) is 0 Å². The average Bonchev–Trinajstić information content (AvgIpc) is 2.32. The lowest BCUT2D eigenvalue weighted by Gasteiger charge is -2.12. The first-order chi connectivity index (χ1) is 7.88. The second kappa shape index (κ2) is 4.81. The van der Waals surface area contributed by atoms with Crippen molar-refractivity contribution in [3.05, 3.63) is 20.8 Å². The topological polar surface area (TPSA) is 95.2 Å². The van der Waals surface area contributed by atoms with E-state index in [1.165, 1.54) is 28.1 Å². The van der Waals surface area contributed by atoms with Gasteiger partial charge < -0.3 is 10.1 Å². The van der Waals surface area contributed by atoms with Crippen LogP contribution in [0.2, 0.25) is 0 Å². The highest BCUT2D eigenvalue weighted by molar-refractivity contribution is 5.78. The fourth-order valence-electron chi connectivity index (χ4n) is 1.23. The van der Waals surface area contributed by atoms with Crippen molar-refractivity contribution in [2.24, 2.45) is 14.1 Å². The summed E-state index contributed by atoms with van der Waals surface area (Å²) in [6.07, 6.45) is 0. The van der Waals surface area contributed by atoms with Crippen LogP contribution in [-0.2, 0) is 23.6 Å². The Balaban J connectivity index is 3.13. The van der Waals surface area contributed by atoms with Gasteiger partial charge >= 0.3 is 11.7 Å². The molecule has 1 atom stereocenters. The summed E-state index contributed by atoms with van der Waals surface area (Å²) in [6.45, 7) is 1.53. The minimum Gasteiger partial charge on any atom is -0.467 e. The maximum atomic E-state index is 11.7. The van der Waals surface area contributed by atoms with E-state index in [2.05, 4.69) is 15.2 Å². The fraction of sp³-hybridized carbons (Fsp3) is 0.556. The smallest absolute Gasteiger partial charge is 0.346 e. The van der Waals surface area contributed by atoms with Crippen molar-refractivity contribution in [2.75, 3.05) is 12.4 Å². The van der Waals surface area contributed by atoms with Crippen LogP contribution in [0.5, 0.6) is 0 Å². The molecular formula is C9H14N4O4. The molecule has 1 rings (SSSR count). The second-order valence-electron chi connectivity index (χ2n) is 3.51. The van der Waals surface area contributed by atoms with E-state index in [-0.39, 0.29) is 5.82 Å². The Labute approximate surface area is 96.8 Å². The molecule has 1 heterocycles. The Morgan fingerprint density at radius 2 is 2.00 bits per heavy atom. The van der Waals surface area contributed by atoms with Gasteiger partial charge in [0.15, 0.2) is 0 Å². The van der Waals surface area contributed by atoms with Gasteiger partial charge in [0.05, 0.1) is 7.11 Å². The molecule has 0 radical (unpaired) electrons. The summed E-state index contributed by atoms with van der Waals surface area (Å²) in [5.74, 6) is -0.602. The lowest BCUT2D eigenvalue weighted by molar-refractivity contribution is -0.141. The van der Waals surface area contributed by atoms with E-state index in [9.17, 15) is 14.4 Å². The van der Waals surface area contributed by atoms with E-state index >= 15 is 0 Å². The average molecular weight is 242 g/mol. The Morgan fingerprint density at radius 3 is 2.53 bits per heavy atom. The number of hydrogen-bond acceptors (Lipinski definition) is 6. The fourth-order valence-corrected chi connectivity index (χ4v) is 1.23. The Morgan fingerprint density at radius 1 is 1.41 bits per heavy atom. The second-order valence-corrected chi connectivity index (χ2v) is 3.51. The highest BCUT2D eigenvalue weighted by Crippen LogP contribution is 1.96. The predicted octanol–water partition coefficient (Wildman–Crippen LogP) is -1.55. The molecule has 0 fully saturated rings. The molecule has 0 aliphatic carbocycles. The zero-order valence-corrected chi connectivity index (χ0v) is 10.1. The van der Waals surface area contributed by atoms with Gasteiger partial charge in [-0.25, -0.2) is 14.3 Å². The summed E-state index contributed by atoms with van der Waals surface area (Å²) in [4.78, 5) is 34.2. The van der Waals surface area contributed by atoms with Crippen molar-refractivity contribution in [3.63, 3.8) is 0 Å². The van der Waals surface area contributed by atoms with E-state index in [1.54, 1.807) is 0 Å². The maximum Gasteiger partial charge on any atom is 0.346 e. The van der Waals surface area contributed by atoms with Crippen molar-refractivity contribution < 1.29 is 9.53 Å². The normalized spacial score (nSPS) is 12.0. The molecule has 0 aromatic carbocycles. The number of rotatable bonds is 3. The number of carbonyl (C=O) groups is 1. The van der Waals surface area contributed by atoms with Gasteiger partial charge in [0.1, 0.15) is 6.04 Å². The Bertz CT molecular complexity index is 545. The molecule has 1 N–H and O–H groups in total. The highest BCUT2D eigenvalue weighted by Gasteiger charge is 2.16. The largest absolute Gasteiger partial charge is 0.467 e. The van der Waals surface area contributed by atoms with Gasteiger partial charge in [-0.1, -0.05) is 0 Å².